The van der Waals surface area contributed by atoms with E-state index in [0.717, 1.165) is 19.6 Å². The Hall–Kier alpha value is -1.09. The molecule has 0 aromatic carbocycles. The van der Waals surface area contributed by atoms with Crippen LogP contribution in [0.25, 0.3) is 0 Å². The number of nitrogens with zero attached hydrogens (tertiary/aromatic N) is 1. The Morgan fingerprint density at radius 3 is 2.31 bits per heavy atom. The summed E-state index contributed by atoms with van der Waals surface area (Å²) in [6, 6.07) is 0. The summed E-state index contributed by atoms with van der Waals surface area (Å²) in [5.41, 5.74) is 0. The maximum Gasteiger partial charge on any atom is 0.302 e. The van der Waals surface area contributed by atoms with E-state index in [1.165, 1.54) is 6.92 Å². The molecule has 0 N–H and O–H groups in total. The van der Waals surface area contributed by atoms with Crippen molar-refractivity contribution in [3.05, 3.63) is 25.3 Å². The second-order valence-corrected chi connectivity index (χ2v) is 2.68. The average molecular weight is 183 g/mol. The third-order valence-electron chi connectivity index (χ3n) is 1.49. The molecule has 0 fully saturated rings. The highest BCUT2D eigenvalue weighted by atomic mass is 16.5. The van der Waals surface area contributed by atoms with Gasteiger partial charge in [-0.3, -0.25) is 9.69 Å². The van der Waals surface area contributed by atoms with Crippen LogP contribution in [-0.2, 0) is 9.53 Å². The highest BCUT2D eigenvalue weighted by Crippen LogP contribution is 1.89. The Morgan fingerprint density at radius 1 is 1.38 bits per heavy atom. The molecule has 0 heterocycles. The van der Waals surface area contributed by atoms with Gasteiger partial charge in [0.2, 0.25) is 0 Å². The van der Waals surface area contributed by atoms with E-state index in [2.05, 4.69) is 18.1 Å². The zero-order valence-electron chi connectivity index (χ0n) is 8.16. The molecule has 3 nitrogen and oxygen atoms in total. The van der Waals surface area contributed by atoms with E-state index in [4.69, 9.17) is 4.74 Å². The minimum absolute atomic E-state index is 0.239. The van der Waals surface area contributed by atoms with Crippen LogP contribution < -0.4 is 0 Å². The molecule has 0 bridgehead atoms. The molecule has 13 heavy (non-hydrogen) atoms. The van der Waals surface area contributed by atoms with Gasteiger partial charge < -0.3 is 4.74 Å². The van der Waals surface area contributed by atoms with E-state index in [-0.39, 0.29) is 5.97 Å². The van der Waals surface area contributed by atoms with Crippen LogP contribution in [-0.4, -0.2) is 37.1 Å². The van der Waals surface area contributed by atoms with Gasteiger partial charge in [0.15, 0.2) is 0 Å². The number of esters is 1. The Balaban J connectivity index is 3.60. The summed E-state index contributed by atoms with van der Waals surface area (Å²) in [6.07, 6.45) is 3.63. The van der Waals surface area contributed by atoms with Crippen molar-refractivity contribution in [2.24, 2.45) is 0 Å². The SMILES string of the molecule is C=CCN(CC=C)CCOC(C)=O. The number of hydrogen-bond acceptors (Lipinski definition) is 3. The lowest BCUT2D eigenvalue weighted by molar-refractivity contribution is -0.141. The second kappa shape index (κ2) is 7.55. The average Bonchev–Trinajstić information content (AvgIpc) is 2.04. The molecule has 0 aliphatic rings. The van der Waals surface area contributed by atoms with Crippen LogP contribution in [0.5, 0.6) is 0 Å². The van der Waals surface area contributed by atoms with E-state index in [9.17, 15) is 4.79 Å². The topological polar surface area (TPSA) is 29.5 Å². The Bertz CT molecular complexity index is 168. The van der Waals surface area contributed by atoms with Crippen molar-refractivity contribution in [2.75, 3.05) is 26.2 Å². The molecule has 0 unspecified atom stereocenters. The van der Waals surface area contributed by atoms with Gasteiger partial charge in [-0.05, 0) is 0 Å². The van der Waals surface area contributed by atoms with Gasteiger partial charge in [-0.2, -0.15) is 0 Å². The maximum atomic E-state index is 10.5. The normalized spacial score (nSPS) is 9.69. The monoisotopic (exact) mass is 183 g/mol. The van der Waals surface area contributed by atoms with Crippen LogP contribution in [0.1, 0.15) is 6.92 Å². The summed E-state index contributed by atoms with van der Waals surface area (Å²) in [5.74, 6) is -0.239. The van der Waals surface area contributed by atoms with Crippen molar-refractivity contribution in [3.63, 3.8) is 0 Å². The fraction of sp³-hybridized carbons (Fsp3) is 0.500. The largest absolute Gasteiger partial charge is 0.465 e. The molecule has 3 heteroatoms. The maximum absolute atomic E-state index is 10.5. The van der Waals surface area contributed by atoms with Gasteiger partial charge in [0.25, 0.3) is 0 Å². The quantitative estimate of drug-likeness (QED) is 0.439. The van der Waals surface area contributed by atoms with Crippen molar-refractivity contribution in [2.45, 2.75) is 6.92 Å². The third-order valence-corrected chi connectivity index (χ3v) is 1.49. The Kier molecular flexibility index (Phi) is 6.92. The van der Waals surface area contributed by atoms with Gasteiger partial charge in [0.05, 0.1) is 0 Å². The van der Waals surface area contributed by atoms with Crippen molar-refractivity contribution in [1.82, 2.24) is 4.90 Å². The molecule has 0 aromatic rings. The molecule has 0 spiro atoms. The fourth-order valence-electron chi connectivity index (χ4n) is 0.941. The number of carbonyl (C=O) groups is 1. The predicted octanol–water partition coefficient (Wildman–Crippen LogP) is 1.22. The summed E-state index contributed by atoms with van der Waals surface area (Å²) in [6.45, 7) is 11.4. The molecule has 0 radical (unpaired) electrons. The summed E-state index contributed by atoms with van der Waals surface area (Å²) in [7, 11) is 0. The minimum atomic E-state index is -0.239. The molecule has 0 aromatic heterocycles. The van der Waals surface area contributed by atoms with Gasteiger partial charge >= 0.3 is 5.97 Å². The smallest absolute Gasteiger partial charge is 0.302 e. The zero-order chi connectivity index (χ0) is 10.1. The molecule has 0 rings (SSSR count). The van der Waals surface area contributed by atoms with Gasteiger partial charge in [0.1, 0.15) is 6.61 Å². The molecule has 0 aliphatic carbocycles. The highest BCUT2D eigenvalue weighted by molar-refractivity contribution is 5.65. The van der Waals surface area contributed by atoms with Crippen molar-refractivity contribution in [3.8, 4) is 0 Å². The molecular weight excluding hydrogens is 166 g/mol. The van der Waals surface area contributed by atoms with Crippen LogP contribution in [0.3, 0.4) is 0 Å². The highest BCUT2D eigenvalue weighted by Gasteiger charge is 2.00. The van der Waals surface area contributed by atoms with E-state index in [1.807, 2.05) is 12.2 Å². The number of hydrogen-bond donors (Lipinski definition) is 0. The van der Waals surface area contributed by atoms with E-state index >= 15 is 0 Å². The minimum Gasteiger partial charge on any atom is -0.465 e. The molecule has 0 amide bonds. The summed E-state index contributed by atoms with van der Waals surface area (Å²) in [4.78, 5) is 12.5. The van der Waals surface area contributed by atoms with Crippen LogP contribution in [0, 0.1) is 0 Å². The van der Waals surface area contributed by atoms with Gasteiger partial charge in [0, 0.05) is 26.6 Å². The fourth-order valence-corrected chi connectivity index (χ4v) is 0.941. The first-order chi connectivity index (χ1) is 6.20. The Morgan fingerprint density at radius 2 is 1.92 bits per heavy atom. The number of rotatable bonds is 7. The Labute approximate surface area is 79.7 Å². The lowest BCUT2D eigenvalue weighted by Crippen LogP contribution is -2.28. The third kappa shape index (κ3) is 7.28. The van der Waals surface area contributed by atoms with Crippen molar-refractivity contribution >= 4 is 5.97 Å². The lowest BCUT2D eigenvalue weighted by atomic mass is 10.4. The number of ether oxygens (including phenoxy) is 1. The van der Waals surface area contributed by atoms with Crippen LogP contribution in [0.2, 0.25) is 0 Å². The summed E-state index contributed by atoms with van der Waals surface area (Å²) in [5, 5.41) is 0. The zero-order valence-corrected chi connectivity index (χ0v) is 8.16. The molecule has 0 aliphatic heterocycles. The van der Waals surface area contributed by atoms with E-state index < -0.39 is 0 Å². The molecule has 74 valence electrons. The first-order valence-electron chi connectivity index (χ1n) is 4.28. The standard InChI is InChI=1S/C10H17NO2/c1-4-6-11(7-5-2)8-9-13-10(3)12/h4-5H,1-2,6-9H2,3H3. The molecule has 0 saturated heterocycles. The molecular formula is C10H17NO2. The van der Waals surface area contributed by atoms with Gasteiger partial charge in [-0.15, -0.1) is 13.2 Å². The summed E-state index contributed by atoms with van der Waals surface area (Å²) >= 11 is 0. The second-order valence-electron chi connectivity index (χ2n) is 2.68. The first-order valence-corrected chi connectivity index (χ1v) is 4.28. The van der Waals surface area contributed by atoms with Gasteiger partial charge in [-0.1, -0.05) is 12.2 Å². The van der Waals surface area contributed by atoms with Crippen LogP contribution >= 0.6 is 0 Å². The van der Waals surface area contributed by atoms with Gasteiger partial charge in [-0.25, -0.2) is 0 Å². The van der Waals surface area contributed by atoms with E-state index in [1.54, 1.807) is 0 Å². The predicted molar refractivity (Wildman–Crippen MR) is 53.5 cm³/mol. The van der Waals surface area contributed by atoms with Crippen LogP contribution in [0.15, 0.2) is 25.3 Å². The van der Waals surface area contributed by atoms with Crippen molar-refractivity contribution in [1.29, 1.82) is 0 Å². The van der Waals surface area contributed by atoms with E-state index in [0.29, 0.717) is 6.61 Å². The van der Waals surface area contributed by atoms with Crippen LogP contribution in [0.4, 0.5) is 0 Å². The van der Waals surface area contributed by atoms with Crippen molar-refractivity contribution < 1.29 is 9.53 Å². The molecule has 0 atom stereocenters. The molecule has 0 saturated carbocycles. The number of carbonyl (C=O) groups excluding carboxylic acids is 1. The first kappa shape index (κ1) is 11.9. The summed E-state index contributed by atoms with van der Waals surface area (Å²) < 4.78 is 4.82. The lowest BCUT2D eigenvalue weighted by Gasteiger charge is -2.17.